The first kappa shape index (κ1) is 41.0. The van der Waals surface area contributed by atoms with Crippen LogP contribution >= 0.6 is 11.8 Å². The summed E-state index contributed by atoms with van der Waals surface area (Å²) in [5.41, 5.74) is 13.6. The molecule has 52 heavy (non-hydrogen) atoms. The number of carbonyl (C=O) groups excluding carboxylic acids is 6. The number of hydrogen-bond donors (Lipinski definition) is 11. The number of nitrogens with one attached hydrogen (secondary N) is 7. The molecule has 13 N–H and O–H groups in total. The van der Waals surface area contributed by atoms with E-state index in [1.54, 1.807) is 12.5 Å². The lowest BCUT2D eigenvalue weighted by atomic mass is 10.0. The van der Waals surface area contributed by atoms with Crippen LogP contribution in [0.25, 0.3) is 10.9 Å². The molecular formula is C32H44N10O9S. The molecule has 0 saturated heterocycles. The lowest BCUT2D eigenvalue weighted by Crippen LogP contribution is -2.57. The van der Waals surface area contributed by atoms with Crippen LogP contribution in [0.3, 0.4) is 0 Å². The van der Waals surface area contributed by atoms with E-state index >= 15 is 0 Å². The van der Waals surface area contributed by atoms with Crippen LogP contribution in [0.1, 0.15) is 30.5 Å². The number of benzene rings is 1. The van der Waals surface area contributed by atoms with Gasteiger partial charge in [0.15, 0.2) is 0 Å². The summed E-state index contributed by atoms with van der Waals surface area (Å²) in [4.78, 5) is 98.1. The molecule has 0 unspecified atom stereocenters. The molecular weight excluding hydrogens is 700 g/mol. The molecule has 0 aliphatic rings. The van der Waals surface area contributed by atoms with Crippen LogP contribution in [0.4, 0.5) is 0 Å². The average Bonchev–Trinajstić information content (AvgIpc) is 3.79. The van der Waals surface area contributed by atoms with Crippen LogP contribution in [-0.4, -0.2) is 122 Å². The molecule has 0 aliphatic carbocycles. The first-order chi connectivity index (χ1) is 24.8. The summed E-state index contributed by atoms with van der Waals surface area (Å²) in [6.07, 6.45) is 5.97. The second-order valence-electron chi connectivity index (χ2n) is 11.8. The van der Waals surface area contributed by atoms with Gasteiger partial charge >= 0.3 is 5.97 Å². The van der Waals surface area contributed by atoms with Crippen LogP contribution in [0.2, 0.25) is 0 Å². The van der Waals surface area contributed by atoms with Crippen molar-refractivity contribution in [3.63, 3.8) is 0 Å². The molecule has 1 aromatic carbocycles. The van der Waals surface area contributed by atoms with Gasteiger partial charge in [0, 0.05) is 41.8 Å². The Hall–Kier alpha value is -5.47. The highest BCUT2D eigenvalue weighted by Crippen LogP contribution is 2.19. The maximum absolute atomic E-state index is 13.5. The van der Waals surface area contributed by atoms with Gasteiger partial charge in [-0.2, -0.15) is 11.8 Å². The predicted octanol–water partition coefficient (Wildman–Crippen LogP) is -2.85. The highest BCUT2D eigenvalue weighted by Gasteiger charge is 2.30. The van der Waals surface area contributed by atoms with Crippen LogP contribution in [-0.2, 0) is 46.4 Å². The second kappa shape index (κ2) is 20.4. The van der Waals surface area contributed by atoms with E-state index in [-0.39, 0.29) is 32.1 Å². The molecule has 0 bridgehead atoms. The summed E-state index contributed by atoms with van der Waals surface area (Å²) in [6, 6.07) is 1.01. The Morgan fingerprint density at radius 3 is 2.19 bits per heavy atom. The Morgan fingerprint density at radius 1 is 0.865 bits per heavy atom. The zero-order valence-corrected chi connectivity index (χ0v) is 29.2. The van der Waals surface area contributed by atoms with E-state index in [1.807, 2.05) is 24.3 Å². The van der Waals surface area contributed by atoms with Crippen LogP contribution in [0, 0.1) is 0 Å². The van der Waals surface area contributed by atoms with Gasteiger partial charge in [0.05, 0.1) is 25.5 Å². The smallest absolute Gasteiger partial charge is 0.328 e. The number of hydrogen-bond acceptors (Lipinski definition) is 11. The van der Waals surface area contributed by atoms with E-state index in [0.717, 1.165) is 16.5 Å². The minimum atomic E-state index is -1.62. The molecule has 3 aromatic rings. The minimum absolute atomic E-state index is 0.125. The molecule has 2 aromatic heterocycles. The molecule has 19 nitrogen and oxygen atoms in total. The number of aromatic amines is 2. The maximum Gasteiger partial charge on any atom is 0.328 e. The Labute approximate surface area is 302 Å². The minimum Gasteiger partial charge on any atom is -0.480 e. The summed E-state index contributed by atoms with van der Waals surface area (Å²) in [6.45, 7) is -1.53. The molecule has 282 valence electrons. The number of aromatic nitrogens is 3. The number of fused-ring (bicyclic) bond motifs is 1. The van der Waals surface area contributed by atoms with Crippen molar-refractivity contribution in [1.82, 2.24) is 41.5 Å². The number of thioether (sulfide) groups is 1. The van der Waals surface area contributed by atoms with Crippen LogP contribution < -0.4 is 38.1 Å². The van der Waals surface area contributed by atoms with Gasteiger partial charge in [-0.25, -0.2) is 9.78 Å². The van der Waals surface area contributed by atoms with Crippen molar-refractivity contribution in [3.8, 4) is 0 Å². The van der Waals surface area contributed by atoms with Gasteiger partial charge in [-0.3, -0.25) is 28.8 Å². The van der Waals surface area contributed by atoms with Gasteiger partial charge in [-0.15, -0.1) is 0 Å². The molecule has 0 radical (unpaired) electrons. The van der Waals surface area contributed by atoms with Crippen molar-refractivity contribution < 1.29 is 43.8 Å². The Balaban J connectivity index is 1.65. The number of aliphatic carboxylic acids is 1. The average molecular weight is 745 g/mol. The summed E-state index contributed by atoms with van der Waals surface area (Å²) < 4.78 is 0. The third kappa shape index (κ3) is 12.7. The largest absolute Gasteiger partial charge is 0.480 e. The molecule has 3 rings (SSSR count). The number of para-hydroxylation sites is 1. The first-order valence-corrected chi connectivity index (χ1v) is 17.6. The number of aliphatic hydroxyl groups is 1. The number of carbonyl (C=O) groups is 7. The Bertz CT molecular complexity index is 1700. The van der Waals surface area contributed by atoms with E-state index in [2.05, 4.69) is 41.5 Å². The molecule has 20 heteroatoms. The number of H-pyrrole nitrogens is 2. The van der Waals surface area contributed by atoms with Gasteiger partial charge in [0.1, 0.15) is 24.2 Å². The zero-order chi connectivity index (χ0) is 38.2. The lowest BCUT2D eigenvalue weighted by Gasteiger charge is -2.24. The van der Waals surface area contributed by atoms with E-state index in [1.165, 1.54) is 24.3 Å². The van der Waals surface area contributed by atoms with Crippen molar-refractivity contribution in [2.24, 2.45) is 11.5 Å². The maximum atomic E-state index is 13.5. The quantitative estimate of drug-likeness (QED) is 0.0496. The van der Waals surface area contributed by atoms with E-state index in [9.17, 15) is 43.8 Å². The van der Waals surface area contributed by atoms with Gasteiger partial charge in [-0.05, 0) is 42.9 Å². The van der Waals surface area contributed by atoms with Crippen molar-refractivity contribution in [2.75, 3.05) is 25.2 Å². The fourth-order valence-electron chi connectivity index (χ4n) is 5.06. The SMILES string of the molecule is CSCC[C@@H](NC(=O)[C@@H](CCC(N)=O)NC(=O)[C@H](N)Cc1c[nH]c2ccccc12)C(=O)NCC(=O)N[C@@H](Cc1cnc[nH]1)C(=O)N[C@@H](CO)C(=O)O. The number of nitrogens with two attached hydrogens (primary N) is 2. The highest BCUT2D eigenvalue weighted by molar-refractivity contribution is 7.98. The van der Waals surface area contributed by atoms with E-state index in [4.69, 9.17) is 11.5 Å². The molecule has 0 fully saturated rings. The summed E-state index contributed by atoms with van der Waals surface area (Å²) in [7, 11) is 0. The number of carboxylic acids is 1. The summed E-state index contributed by atoms with van der Waals surface area (Å²) in [5.74, 6) is -5.73. The summed E-state index contributed by atoms with van der Waals surface area (Å²) >= 11 is 1.39. The summed E-state index contributed by atoms with van der Waals surface area (Å²) in [5, 5.41) is 31.5. The Morgan fingerprint density at radius 2 is 1.54 bits per heavy atom. The number of primary amides is 1. The van der Waals surface area contributed by atoms with Gasteiger partial charge < -0.3 is 58.2 Å². The number of amides is 6. The van der Waals surface area contributed by atoms with Crippen molar-refractivity contribution in [2.45, 2.75) is 62.3 Å². The number of rotatable bonds is 22. The predicted molar refractivity (Wildman–Crippen MR) is 189 cm³/mol. The molecule has 0 saturated carbocycles. The highest BCUT2D eigenvalue weighted by atomic mass is 32.2. The first-order valence-electron chi connectivity index (χ1n) is 16.2. The van der Waals surface area contributed by atoms with Crippen molar-refractivity contribution in [3.05, 3.63) is 54.2 Å². The van der Waals surface area contributed by atoms with E-state index < -0.39 is 84.8 Å². The number of nitrogens with zero attached hydrogens (tertiary/aromatic N) is 1. The van der Waals surface area contributed by atoms with Crippen LogP contribution in [0.5, 0.6) is 0 Å². The van der Waals surface area contributed by atoms with Gasteiger partial charge in [0.25, 0.3) is 0 Å². The number of imidazole rings is 1. The fourth-order valence-corrected chi connectivity index (χ4v) is 5.53. The lowest BCUT2D eigenvalue weighted by molar-refractivity contribution is -0.143. The third-order valence-electron chi connectivity index (χ3n) is 7.86. The number of aliphatic hydroxyl groups excluding tert-OH is 1. The molecule has 0 spiro atoms. The third-order valence-corrected chi connectivity index (χ3v) is 8.50. The molecule has 5 atom stereocenters. The molecule has 0 aliphatic heterocycles. The second-order valence-corrected chi connectivity index (χ2v) is 12.8. The van der Waals surface area contributed by atoms with Crippen molar-refractivity contribution >= 4 is 64.1 Å². The zero-order valence-electron chi connectivity index (χ0n) is 28.3. The number of carboxylic acid groups (broad SMARTS) is 1. The Kier molecular flexibility index (Phi) is 16.1. The van der Waals surface area contributed by atoms with E-state index in [0.29, 0.717) is 11.4 Å². The topological polar surface area (TPSA) is 317 Å². The monoisotopic (exact) mass is 744 g/mol. The standard InChI is InChI=1S/C32H44N10O9S/c1-52-9-8-23(29(47)37-14-27(45)39-24(11-18-13-35-16-38-18)31(49)42-25(15-43)32(50)51)41-30(48)22(6-7-26(34)44)40-28(46)20(33)10-17-12-36-21-5-3-2-4-19(17)21/h2-5,12-13,16,20,22-25,36,43H,6-11,14-15,33H2,1H3,(H2,34,44)(H,35,38)(H,37,47)(H,39,45)(H,40,46)(H,41,48)(H,42,49)(H,50,51)/t20-,22-,23-,24+,25+/m1/s1. The molecule has 2 heterocycles. The van der Waals surface area contributed by atoms with Gasteiger partial charge in [0.2, 0.25) is 35.4 Å². The van der Waals surface area contributed by atoms with Gasteiger partial charge in [-0.1, -0.05) is 18.2 Å². The normalized spacial score (nSPS) is 13.9. The fraction of sp³-hybridized carbons (Fsp3) is 0.438. The van der Waals surface area contributed by atoms with Crippen molar-refractivity contribution in [1.29, 1.82) is 0 Å². The molecule has 6 amide bonds. The van der Waals surface area contributed by atoms with Crippen LogP contribution in [0.15, 0.2) is 43.0 Å².